The van der Waals surface area contributed by atoms with E-state index in [0.717, 1.165) is 30.5 Å². The molecule has 0 aliphatic carbocycles. The fraction of sp³-hybridized carbons (Fsp3) is 0.400. The highest BCUT2D eigenvalue weighted by molar-refractivity contribution is 7.80. The Hall–Kier alpha value is -1.66. The first-order valence-electron chi connectivity index (χ1n) is 6.95. The van der Waals surface area contributed by atoms with Crippen molar-refractivity contribution in [3.63, 3.8) is 0 Å². The normalized spacial score (nSPS) is 16.5. The molecule has 1 aromatic carbocycles. The highest BCUT2D eigenvalue weighted by Crippen LogP contribution is 2.21. The number of carbonyl (C=O) groups is 1. The molecule has 1 amide bonds. The molecular formula is C15H20N2O3S. The van der Waals surface area contributed by atoms with Gasteiger partial charge in [-0.15, -0.1) is 0 Å². The highest BCUT2D eigenvalue weighted by atomic mass is 32.2. The number of amides is 1. The smallest absolute Gasteiger partial charge is 0.259 e. The predicted molar refractivity (Wildman–Crippen MR) is 84.1 cm³/mol. The lowest BCUT2D eigenvalue weighted by molar-refractivity contribution is -0.125. The van der Waals surface area contributed by atoms with Crippen LogP contribution in [0.4, 0.5) is 5.69 Å². The molecule has 0 fully saturated rings. The zero-order valence-electron chi connectivity index (χ0n) is 12.3. The van der Waals surface area contributed by atoms with Crippen molar-refractivity contribution in [3.8, 4) is 0 Å². The lowest BCUT2D eigenvalue weighted by Crippen LogP contribution is -2.29. The summed E-state index contributed by atoms with van der Waals surface area (Å²) in [7, 11) is 0. The van der Waals surface area contributed by atoms with Crippen LogP contribution in [0.5, 0.6) is 0 Å². The molecule has 0 spiro atoms. The quantitative estimate of drug-likeness (QED) is 0.793. The third kappa shape index (κ3) is 3.92. The molecule has 1 heterocycles. The standard InChI is InChI=1S/C15H20N2O3S/c1-3-14-11(2)10-17(15(14)18)9-8-12-4-6-13(7-5-12)16-21(19)20/h4-7,16H,3,8-10H2,1-2H3,(H,19,20). The molecule has 0 saturated heterocycles. The second kappa shape index (κ2) is 6.87. The summed E-state index contributed by atoms with van der Waals surface area (Å²) in [5.41, 5.74) is 3.81. The summed E-state index contributed by atoms with van der Waals surface area (Å²) in [6.45, 7) is 5.45. The van der Waals surface area contributed by atoms with Gasteiger partial charge in [0.05, 0.1) is 0 Å². The monoisotopic (exact) mass is 308 g/mol. The van der Waals surface area contributed by atoms with E-state index in [1.165, 1.54) is 5.57 Å². The van der Waals surface area contributed by atoms with Crippen LogP contribution in [0, 0.1) is 0 Å². The number of anilines is 1. The Kier molecular flexibility index (Phi) is 5.14. The summed E-state index contributed by atoms with van der Waals surface area (Å²) in [6, 6.07) is 7.32. The molecule has 114 valence electrons. The van der Waals surface area contributed by atoms with Gasteiger partial charge in [0, 0.05) is 24.4 Å². The Bertz CT molecular complexity index is 581. The SMILES string of the molecule is CCC1=C(C)CN(CCc2ccc(NS(=O)O)cc2)C1=O. The van der Waals surface area contributed by atoms with E-state index < -0.39 is 11.3 Å². The summed E-state index contributed by atoms with van der Waals surface area (Å²) < 4.78 is 21.8. The number of hydrogen-bond acceptors (Lipinski definition) is 2. The second-order valence-electron chi connectivity index (χ2n) is 5.14. The van der Waals surface area contributed by atoms with Crippen molar-refractivity contribution in [1.82, 2.24) is 4.90 Å². The van der Waals surface area contributed by atoms with Crippen molar-refractivity contribution in [2.75, 3.05) is 17.8 Å². The Balaban J connectivity index is 1.90. The van der Waals surface area contributed by atoms with Crippen molar-refractivity contribution in [2.24, 2.45) is 0 Å². The predicted octanol–water partition coefficient (Wildman–Crippen LogP) is 2.35. The van der Waals surface area contributed by atoms with Gasteiger partial charge in [-0.25, -0.2) is 4.21 Å². The zero-order valence-corrected chi connectivity index (χ0v) is 13.1. The molecule has 1 aromatic rings. The lowest BCUT2D eigenvalue weighted by Gasteiger charge is -2.16. The summed E-state index contributed by atoms with van der Waals surface area (Å²) >= 11 is -2.05. The van der Waals surface area contributed by atoms with E-state index in [-0.39, 0.29) is 5.91 Å². The van der Waals surface area contributed by atoms with Crippen LogP contribution in [0.25, 0.3) is 0 Å². The number of carbonyl (C=O) groups excluding carboxylic acids is 1. The van der Waals surface area contributed by atoms with Gasteiger partial charge in [-0.05, 0) is 43.0 Å². The molecule has 1 aliphatic rings. The van der Waals surface area contributed by atoms with E-state index in [9.17, 15) is 9.00 Å². The topological polar surface area (TPSA) is 69.6 Å². The highest BCUT2D eigenvalue weighted by Gasteiger charge is 2.25. The van der Waals surface area contributed by atoms with Crippen LogP contribution in [0.3, 0.4) is 0 Å². The summed E-state index contributed by atoms with van der Waals surface area (Å²) in [5.74, 6) is 0.156. The van der Waals surface area contributed by atoms with E-state index in [2.05, 4.69) is 4.72 Å². The molecule has 6 heteroatoms. The summed E-state index contributed by atoms with van der Waals surface area (Å²) in [5, 5.41) is 0. The molecule has 1 atom stereocenters. The van der Waals surface area contributed by atoms with Crippen molar-refractivity contribution in [1.29, 1.82) is 0 Å². The molecule has 0 aromatic heterocycles. The fourth-order valence-corrected chi connectivity index (χ4v) is 2.90. The van der Waals surface area contributed by atoms with Gasteiger partial charge in [-0.2, -0.15) is 0 Å². The van der Waals surface area contributed by atoms with Crippen molar-refractivity contribution in [3.05, 3.63) is 41.0 Å². The third-order valence-corrected chi connectivity index (χ3v) is 4.08. The van der Waals surface area contributed by atoms with Gasteiger partial charge >= 0.3 is 0 Å². The van der Waals surface area contributed by atoms with Gasteiger partial charge in [-0.1, -0.05) is 19.1 Å². The summed E-state index contributed by atoms with van der Waals surface area (Å²) in [4.78, 5) is 14.0. The number of hydrogen-bond donors (Lipinski definition) is 2. The number of nitrogens with zero attached hydrogens (tertiary/aromatic N) is 1. The van der Waals surface area contributed by atoms with Gasteiger partial charge in [0.2, 0.25) is 5.91 Å². The minimum atomic E-state index is -2.05. The first-order valence-corrected chi connectivity index (χ1v) is 8.06. The molecule has 5 nitrogen and oxygen atoms in total. The van der Waals surface area contributed by atoms with Gasteiger partial charge in [-0.3, -0.25) is 14.1 Å². The van der Waals surface area contributed by atoms with Gasteiger partial charge in [0.1, 0.15) is 0 Å². The summed E-state index contributed by atoms with van der Waals surface area (Å²) in [6.07, 6.45) is 1.57. The van der Waals surface area contributed by atoms with E-state index in [1.807, 2.05) is 30.9 Å². The fourth-order valence-electron chi connectivity index (χ4n) is 2.56. The van der Waals surface area contributed by atoms with Crippen LogP contribution in [0.1, 0.15) is 25.8 Å². The maximum absolute atomic E-state index is 12.1. The molecule has 1 unspecified atom stereocenters. The van der Waals surface area contributed by atoms with Crippen LogP contribution < -0.4 is 4.72 Å². The van der Waals surface area contributed by atoms with E-state index in [1.54, 1.807) is 12.1 Å². The molecule has 0 saturated carbocycles. The minimum Gasteiger partial charge on any atom is -0.335 e. The van der Waals surface area contributed by atoms with Crippen molar-refractivity contribution >= 4 is 22.9 Å². The van der Waals surface area contributed by atoms with Crippen molar-refractivity contribution in [2.45, 2.75) is 26.7 Å². The third-order valence-electron chi connectivity index (χ3n) is 3.67. The molecule has 0 bridgehead atoms. The van der Waals surface area contributed by atoms with Crippen LogP contribution >= 0.6 is 0 Å². The zero-order chi connectivity index (χ0) is 15.4. The first kappa shape index (κ1) is 15.7. The first-order chi connectivity index (χ1) is 10.0. The lowest BCUT2D eigenvalue weighted by atomic mass is 10.1. The molecule has 0 radical (unpaired) electrons. The van der Waals surface area contributed by atoms with Crippen LogP contribution in [-0.4, -0.2) is 32.7 Å². The largest absolute Gasteiger partial charge is 0.335 e. The Morgan fingerprint density at radius 1 is 1.33 bits per heavy atom. The molecule has 2 N–H and O–H groups in total. The molecule has 1 aliphatic heterocycles. The molecule has 2 rings (SSSR count). The van der Waals surface area contributed by atoms with E-state index in [0.29, 0.717) is 12.2 Å². The van der Waals surface area contributed by atoms with Gasteiger partial charge < -0.3 is 4.90 Å². The maximum atomic E-state index is 12.1. The van der Waals surface area contributed by atoms with Crippen LogP contribution in [0.2, 0.25) is 0 Å². The Labute approximate surface area is 127 Å². The number of benzene rings is 1. The maximum Gasteiger partial charge on any atom is 0.259 e. The molecule has 21 heavy (non-hydrogen) atoms. The average molecular weight is 308 g/mol. The van der Waals surface area contributed by atoms with Crippen LogP contribution in [0.15, 0.2) is 35.4 Å². The van der Waals surface area contributed by atoms with Crippen LogP contribution in [-0.2, 0) is 22.5 Å². The number of rotatable bonds is 6. The van der Waals surface area contributed by atoms with E-state index in [4.69, 9.17) is 4.55 Å². The van der Waals surface area contributed by atoms with Crippen molar-refractivity contribution < 1.29 is 13.6 Å². The minimum absolute atomic E-state index is 0.156. The van der Waals surface area contributed by atoms with Gasteiger partial charge in [0.15, 0.2) is 0 Å². The Morgan fingerprint density at radius 2 is 2.00 bits per heavy atom. The van der Waals surface area contributed by atoms with E-state index >= 15 is 0 Å². The Morgan fingerprint density at radius 3 is 2.52 bits per heavy atom. The average Bonchev–Trinajstić information content (AvgIpc) is 2.71. The molecular weight excluding hydrogens is 288 g/mol. The van der Waals surface area contributed by atoms with Gasteiger partial charge in [0.25, 0.3) is 11.3 Å². The number of nitrogens with one attached hydrogen (secondary N) is 1. The second-order valence-corrected chi connectivity index (χ2v) is 5.84.